The van der Waals surface area contributed by atoms with Gasteiger partial charge in [-0.25, -0.2) is 0 Å². The van der Waals surface area contributed by atoms with Crippen molar-refractivity contribution in [3.63, 3.8) is 0 Å². The first-order chi connectivity index (χ1) is 7.69. The van der Waals surface area contributed by atoms with Crippen LogP contribution in [0, 0.1) is 0 Å². The van der Waals surface area contributed by atoms with Gasteiger partial charge in [0.15, 0.2) is 0 Å². The van der Waals surface area contributed by atoms with Crippen molar-refractivity contribution in [2.45, 2.75) is 32.2 Å². The van der Waals surface area contributed by atoms with Crippen LogP contribution >= 0.6 is 0 Å². The number of carbonyl (C=O) groups excluding carboxylic acids is 2. The maximum Gasteiger partial charge on any atom is 0.307 e. The van der Waals surface area contributed by atoms with Crippen LogP contribution in [0.2, 0.25) is 0 Å². The maximum atomic E-state index is 11.5. The van der Waals surface area contributed by atoms with Crippen LogP contribution in [-0.2, 0) is 14.3 Å². The lowest BCUT2D eigenvalue weighted by Crippen LogP contribution is -2.42. The molecule has 0 aromatic carbocycles. The van der Waals surface area contributed by atoms with E-state index in [2.05, 4.69) is 10.2 Å². The Bertz CT molecular complexity index is 256. The van der Waals surface area contributed by atoms with Crippen LogP contribution in [0.3, 0.4) is 0 Å². The molecule has 1 aliphatic heterocycles. The van der Waals surface area contributed by atoms with E-state index in [0.717, 1.165) is 19.4 Å². The SMILES string of the molecule is CCOC(=O)CCN1CCCC1C(=O)NC. The molecule has 0 aromatic heterocycles. The van der Waals surface area contributed by atoms with Gasteiger partial charge in [0, 0.05) is 13.6 Å². The second-order valence-corrected chi connectivity index (χ2v) is 3.86. The molecule has 5 heteroatoms. The fourth-order valence-electron chi connectivity index (χ4n) is 2.03. The second kappa shape index (κ2) is 6.48. The van der Waals surface area contributed by atoms with Gasteiger partial charge >= 0.3 is 5.97 Å². The third-order valence-corrected chi connectivity index (χ3v) is 2.82. The Balaban J connectivity index is 2.35. The van der Waals surface area contributed by atoms with E-state index >= 15 is 0 Å². The summed E-state index contributed by atoms with van der Waals surface area (Å²) < 4.78 is 4.86. The summed E-state index contributed by atoms with van der Waals surface area (Å²) in [6.07, 6.45) is 2.25. The smallest absolute Gasteiger partial charge is 0.307 e. The van der Waals surface area contributed by atoms with Gasteiger partial charge in [0.1, 0.15) is 0 Å². The van der Waals surface area contributed by atoms with Crippen molar-refractivity contribution in [2.24, 2.45) is 0 Å². The van der Waals surface area contributed by atoms with Crippen molar-refractivity contribution >= 4 is 11.9 Å². The maximum absolute atomic E-state index is 11.5. The first-order valence-corrected chi connectivity index (χ1v) is 5.80. The monoisotopic (exact) mass is 228 g/mol. The number of hydrogen-bond donors (Lipinski definition) is 1. The number of rotatable bonds is 5. The Morgan fingerprint density at radius 1 is 1.50 bits per heavy atom. The minimum atomic E-state index is -0.190. The molecular formula is C11H20N2O3. The molecule has 1 unspecified atom stereocenters. The highest BCUT2D eigenvalue weighted by molar-refractivity contribution is 5.81. The Labute approximate surface area is 96.1 Å². The fourth-order valence-corrected chi connectivity index (χ4v) is 2.03. The van der Waals surface area contributed by atoms with Crippen molar-refractivity contribution in [3.05, 3.63) is 0 Å². The van der Waals surface area contributed by atoms with Gasteiger partial charge < -0.3 is 10.1 Å². The quantitative estimate of drug-likeness (QED) is 0.680. The van der Waals surface area contributed by atoms with Crippen molar-refractivity contribution in [1.29, 1.82) is 0 Å². The average Bonchev–Trinajstić information content (AvgIpc) is 2.74. The third-order valence-electron chi connectivity index (χ3n) is 2.82. The van der Waals surface area contributed by atoms with Gasteiger partial charge in [0.2, 0.25) is 5.91 Å². The molecule has 1 rings (SSSR count). The number of amides is 1. The van der Waals surface area contributed by atoms with Crippen molar-refractivity contribution in [3.8, 4) is 0 Å². The summed E-state index contributed by atoms with van der Waals surface area (Å²) in [4.78, 5) is 24.8. The Kier molecular flexibility index (Phi) is 5.25. The van der Waals surface area contributed by atoms with Crippen LogP contribution in [0.25, 0.3) is 0 Å². The van der Waals surface area contributed by atoms with Gasteiger partial charge in [-0.3, -0.25) is 14.5 Å². The lowest BCUT2D eigenvalue weighted by Gasteiger charge is -2.22. The molecule has 0 aliphatic carbocycles. The molecule has 0 bridgehead atoms. The number of ether oxygens (including phenoxy) is 1. The molecule has 1 atom stereocenters. The lowest BCUT2D eigenvalue weighted by molar-refractivity contribution is -0.143. The summed E-state index contributed by atoms with van der Waals surface area (Å²) >= 11 is 0. The molecule has 1 heterocycles. The number of likely N-dealkylation sites (tertiary alicyclic amines) is 1. The summed E-state index contributed by atoms with van der Waals surface area (Å²) in [5.74, 6) is -0.147. The molecule has 1 aliphatic rings. The van der Waals surface area contributed by atoms with Crippen LogP contribution in [0.15, 0.2) is 0 Å². The zero-order chi connectivity index (χ0) is 12.0. The van der Waals surface area contributed by atoms with E-state index in [0.29, 0.717) is 19.6 Å². The molecule has 0 aromatic rings. The summed E-state index contributed by atoms with van der Waals surface area (Å²) in [5.41, 5.74) is 0. The number of likely N-dealkylation sites (N-methyl/N-ethyl adjacent to an activating group) is 1. The first kappa shape index (κ1) is 13.0. The molecule has 16 heavy (non-hydrogen) atoms. The van der Waals surface area contributed by atoms with Crippen molar-refractivity contribution in [2.75, 3.05) is 26.7 Å². The highest BCUT2D eigenvalue weighted by atomic mass is 16.5. The number of nitrogens with one attached hydrogen (secondary N) is 1. The summed E-state index contributed by atoms with van der Waals surface area (Å²) in [6.45, 7) is 3.70. The Morgan fingerprint density at radius 3 is 2.88 bits per heavy atom. The minimum Gasteiger partial charge on any atom is -0.466 e. The molecule has 92 valence electrons. The molecule has 1 fully saturated rings. The predicted octanol–water partition coefficient (Wildman–Crippen LogP) is 0.150. The van der Waals surface area contributed by atoms with E-state index in [1.807, 2.05) is 0 Å². The van der Waals surface area contributed by atoms with Crippen molar-refractivity contribution < 1.29 is 14.3 Å². The topological polar surface area (TPSA) is 58.6 Å². The number of carbonyl (C=O) groups is 2. The minimum absolute atomic E-state index is 0.0429. The van der Waals surface area contributed by atoms with E-state index < -0.39 is 0 Å². The second-order valence-electron chi connectivity index (χ2n) is 3.86. The Morgan fingerprint density at radius 2 is 2.25 bits per heavy atom. The van der Waals surface area contributed by atoms with E-state index in [1.54, 1.807) is 14.0 Å². The lowest BCUT2D eigenvalue weighted by atomic mass is 10.2. The summed E-state index contributed by atoms with van der Waals surface area (Å²) in [7, 11) is 1.64. The standard InChI is InChI=1S/C11H20N2O3/c1-3-16-10(14)6-8-13-7-4-5-9(13)11(15)12-2/h9H,3-8H2,1-2H3,(H,12,15). The van der Waals surface area contributed by atoms with Crippen LogP contribution in [-0.4, -0.2) is 49.6 Å². The average molecular weight is 228 g/mol. The highest BCUT2D eigenvalue weighted by Gasteiger charge is 2.29. The molecule has 0 radical (unpaired) electrons. The fraction of sp³-hybridized carbons (Fsp3) is 0.818. The van der Waals surface area contributed by atoms with Crippen molar-refractivity contribution in [1.82, 2.24) is 10.2 Å². The largest absolute Gasteiger partial charge is 0.466 e. The third kappa shape index (κ3) is 3.48. The molecule has 0 saturated carbocycles. The number of hydrogen-bond acceptors (Lipinski definition) is 4. The number of esters is 1. The summed E-state index contributed by atoms with van der Waals surface area (Å²) in [6, 6.07) is -0.0700. The molecule has 0 spiro atoms. The zero-order valence-electron chi connectivity index (χ0n) is 9.99. The van der Waals surface area contributed by atoms with Gasteiger partial charge in [-0.1, -0.05) is 0 Å². The van der Waals surface area contributed by atoms with Crippen LogP contribution in [0.5, 0.6) is 0 Å². The van der Waals surface area contributed by atoms with Gasteiger partial charge in [-0.15, -0.1) is 0 Å². The van der Waals surface area contributed by atoms with E-state index in [4.69, 9.17) is 4.74 Å². The van der Waals surface area contributed by atoms with Gasteiger partial charge in [-0.2, -0.15) is 0 Å². The molecular weight excluding hydrogens is 208 g/mol. The molecule has 5 nitrogen and oxygen atoms in total. The molecule has 1 amide bonds. The van der Waals surface area contributed by atoms with Crippen LogP contribution in [0.1, 0.15) is 26.2 Å². The van der Waals surface area contributed by atoms with Gasteiger partial charge in [-0.05, 0) is 26.3 Å². The molecule has 1 N–H and O–H groups in total. The Hall–Kier alpha value is -1.10. The van der Waals surface area contributed by atoms with Gasteiger partial charge in [0.25, 0.3) is 0 Å². The molecule has 1 saturated heterocycles. The summed E-state index contributed by atoms with van der Waals surface area (Å²) in [5, 5.41) is 2.65. The van der Waals surface area contributed by atoms with E-state index in [-0.39, 0.29) is 17.9 Å². The first-order valence-electron chi connectivity index (χ1n) is 5.80. The van der Waals surface area contributed by atoms with E-state index in [1.165, 1.54) is 0 Å². The zero-order valence-corrected chi connectivity index (χ0v) is 9.99. The van der Waals surface area contributed by atoms with Gasteiger partial charge in [0.05, 0.1) is 19.1 Å². The van der Waals surface area contributed by atoms with E-state index in [9.17, 15) is 9.59 Å². The normalized spacial score (nSPS) is 20.8. The number of nitrogens with zero attached hydrogens (tertiary/aromatic N) is 1. The predicted molar refractivity (Wildman–Crippen MR) is 59.9 cm³/mol. The van der Waals surface area contributed by atoms with Crippen LogP contribution < -0.4 is 5.32 Å². The highest BCUT2D eigenvalue weighted by Crippen LogP contribution is 2.17. The van der Waals surface area contributed by atoms with Crippen LogP contribution in [0.4, 0.5) is 0 Å².